The molecule has 3 rings (SSSR count). The monoisotopic (exact) mass is 478 g/mol. The fraction of sp³-hybridized carbons (Fsp3) is 0.464. The van der Waals surface area contributed by atoms with Gasteiger partial charge in [0.2, 0.25) is 5.91 Å². The maximum absolute atomic E-state index is 13.1. The molecule has 7 nitrogen and oxygen atoms in total. The second-order valence-electron chi connectivity index (χ2n) is 9.35. The number of benzene rings is 2. The number of aromatic nitrogens is 2. The maximum Gasteiger partial charge on any atom is 0.257 e. The first-order valence-electron chi connectivity index (χ1n) is 12.6. The molecule has 0 saturated heterocycles. The lowest BCUT2D eigenvalue weighted by molar-refractivity contribution is -0.135. The van der Waals surface area contributed by atoms with Crippen LogP contribution < -0.4 is 10.1 Å². The van der Waals surface area contributed by atoms with Gasteiger partial charge in [0, 0.05) is 25.0 Å². The van der Waals surface area contributed by atoms with Gasteiger partial charge in [-0.3, -0.25) is 9.59 Å². The average Bonchev–Trinajstić information content (AvgIpc) is 3.17. The van der Waals surface area contributed by atoms with E-state index in [0.717, 1.165) is 42.5 Å². The van der Waals surface area contributed by atoms with Crippen molar-refractivity contribution in [1.29, 1.82) is 0 Å². The highest BCUT2D eigenvalue weighted by molar-refractivity contribution is 5.81. The fourth-order valence-electron chi connectivity index (χ4n) is 4.41. The van der Waals surface area contributed by atoms with Crippen molar-refractivity contribution < 1.29 is 14.3 Å². The molecule has 7 heteroatoms. The second-order valence-corrected chi connectivity index (χ2v) is 9.35. The smallest absolute Gasteiger partial charge is 0.257 e. The molecule has 2 amide bonds. The van der Waals surface area contributed by atoms with Crippen molar-refractivity contribution in [3.63, 3.8) is 0 Å². The van der Waals surface area contributed by atoms with Gasteiger partial charge in [-0.2, -0.15) is 0 Å². The first kappa shape index (κ1) is 26.3. The van der Waals surface area contributed by atoms with Crippen LogP contribution >= 0.6 is 0 Å². The molecule has 0 spiro atoms. The van der Waals surface area contributed by atoms with Crippen LogP contribution in [0.25, 0.3) is 11.0 Å². The summed E-state index contributed by atoms with van der Waals surface area (Å²) in [7, 11) is 0. The molecule has 3 aromatic rings. The van der Waals surface area contributed by atoms with Gasteiger partial charge in [-0.25, -0.2) is 4.98 Å². The van der Waals surface area contributed by atoms with E-state index in [2.05, 4.69) is 37.6 Å². The van der Waals surface area contributed by atoms with Crippen LogP contribution in [0, 0.1) is 0 Å². The van der Waals surface area contributed by atoms with E-state index in [1.807, 2.05) is 59.5 Å². The average molecular weight is 479 g/mol. The molecular weight excluding hydrogens is 440 g/mol. The zero-order chi connectivity index (χ0) is 25.2. The highest BCUT2D eigenvalue weighted by atomic mass is 16.5. The molecule has 0 unspecified atom stereocenters. The number of ether oxygens (including phenoxy) is 1. The predicted molar refractivity (Wildman–Crippen MR) is 139 cm³/mol. The quantitative estimate of drug-likeness (QED) is 0.365. The Morgan fingerprint density at radius 2 is 1.63 bits per heavy atom. The third kappa shape index (κ3) is 7.57. The Labute approximate surface area is 208 Å². The molecular formula is C28H38N4O3. The van der Waals surface area contributed by atoms with Crippen LogP contribution in [0.15, 0.2) is 54.6 Å². The highest BCUT2D eigenvalue weighted by Crippen LogP contribution is 2.19. The summed E-state index contributed by atoms with van der Waals surface area (Å²) < 4.78 is 7.54. The van der Waals surface area contributed by atoms with Crippen LogP contribution in [-0.4, -0.2) is 51.5 Å². The summed E-state index contributed by atoms with van der Waals surface area (Å²) in [5.74, 6) is 1.62. The molecule has 0 saturated carbocycles. The molecule has 0 aliphatic carbocycles. The Hall–Kier alpha value is -3.35. The number of carbonyl (C=O) groups excluding carboxylic acids is 2. The number of hydrogen-bond acceptors (Lipinski definition) is 4. The topological polar surface area (TPSA) is 76.5 Å². The van der Waals surface area contributed by atoms with Crippen molar-refractivity contribution >= 4 is 22.8 Å². The van der Waals surface area contributed by atoms with Crippen molar-refractivity contribution in [2.75, 3.05) is 13.2 Å². The van der Waals surface area contributed by atoms with Gasteiger partial charge in [0.05, 0.1) is 11.0 Å². The van der Waals surface area contributed by atoms with Crippen LogP contribution in [0.1, 0.15) is 52.8 Å². The number of nitrogens with zero attached hydrogens (tertiary/aromatic N) is 3. The van der Waals surface area contributed by atoms with E-state index in [1.54, 1.807) is 0 Å². The first-order chi connectivity index (χ1) is 16.9. The molecule has 0 bridgehead atoms. The van der Waals surface area contributed by atoms with E-state index >= 15 is 0 Å². The number of fused-ring (bicyclic) bond motifs is 1. The maximum atomic E-state index is 13.1. The molecule has 188 valence electrons. The van der Waals surface area contributed by atoms with Gasteiger partial charge in [-0.15, -0.1) is 0 Å². The minimum Gasteiger partial charge on any atom is -0.484 e. The van der Waals surface area contributed by atoms with Gasteiger partial charge in [0.25, 0.3) is 5.91 Å². The standard InChI is InChI=1S/C28H38N4O3/c1-21(2)32(22(3)4)28(34)19-31-25-16-11-10-15-24(25)30-26(31)17-9-6-12-18-29-27(33)20-35-23-13-7-5-8-14-23/h5,7-8,10-11,13-16,21-22H,6,9,12,17-20H2,1-4H3,(H,29,33). The molecule has 2 aromatic carbocycles. The Balaban J connectivity index is 1.49. The van der Waals surface area contributed by atoms with Crippen molar-refractivity contribution in [2.24, 2.45) is 0 Å². The zero-order valence-corrected chi connectivity index (χ0v) is 21.4. The minimum atomic E-state index is -0.117. The molecule has 0 aliphatic heterocycles. The molecule has 1 N–H and O–H groups in total. The summed E-state index contributed by atoms with van der Waals surface area (Å²) in [4.78, 5) is 31.9. The number of imidazole rings is 1. The second kappa shape index (κ2) is 12.9. The lowest BCUT2D eigenvalue weighted by Gasteiger charge is -2.31. The largest absolute Gasteiger partial charge is 0.484 e. The van der Waals surface area contributed by atoms with Crippen molar-refractivity contribution in [3.05, 3.63) is 60.4 Å². The van der Waals surface area contributed by atoms with E-state index in [1.165, 1.54) is 0 Å². The Kier molecular flexibility index (Phi) is 9.70. The van der Waals surface area contributed by atoms with E-state index in [4.69, 9.17) is 9.72 Å². The fourth-order valence-corrected chi connectivity index (χ4v) is 4.41. The summed E-state index contributed by atoms with van der Waals surface area (Å²) in [5, 5.41) is 2.91. The van der Waals surface area contributed by atoms with Crippen molar-refractivity contribution in [1.82, 2.24) is 19.8 Å². The zero-order valence-electron chi connectivity index (χ0n) is 21.4. The summed E-state index contributed by atoms with van der Waals surface area (Å²) in [6.07, 6.45) is 3.56. The van der Waals surface area contributed by atoms with Gasteiger partial charge in [-0.05, 0) is 64.8 Å². The number of nitrogens with one attached hydrogen (secondary N) is 1. The van der Waals surface area contributed by atoms with Crippen LogP contribution in [0.5, 0.6) is 5.75 Å². The van der Waals surface area contributed by atoms with Crippen LogP contribution in [-0.2, 0) is 22.6 Å². The Bertz CT molecular complexity index is 1080. The van der Waals surface area contributed by atoms with Crippen LogP contribution in [0.2, 0.25) is 0 Å². The van der Waals surface area contributed by atoms with Gasteiger partial charge >= 0.3 is 0 Å². The molecule has 1 aromatic heterocycles. The third-order valence-corrected chi connectivity index (χ3v) is 5.94. The number of para-hydroxylation sites is 3. The van der Waals surface area contributed by atoms with Gasteiger partial charge in [0.1, 0.15) is 18.1 Å². The minimum absolute atomic E-state index is 0.0197. The molecule has 0 atom stereocenters. The normalized spacial score (nSPS) is 11.3. The summed E-state index contributed by atoms with van der Waals surface area (Å²) in [6.45, 7) is 9.14. The molecule has 35 heavy (non-hydrogen) atoms. The number of unbranched alkanes of at least 4 members (excludes halogenated alkanes) is 2. The lowest BCUT2D eigenvalue weighted by Crippen LogP contribution is -2.43. The van der Waals surface area contributed by atoms with E-state index in [-0.39, 0.29) is 30.5 Å². The van der Waals surface area contributed by atoms with Crippen LogP contribution in [0.4, 0.5) is 0 Å². The van der Waals surface area contributed by atoms with E-state index in [9.17, 15) is 9.59 Å². The highest BCUT2D eigenvalue weighted by Gasteiger charge is 2.22. The lowest BCUT2D eigenvalue weighted by atomic mass is 10.2. The Morgan fingerprint density at radius 1 is 0.943 bits per heavy atom. The van der Waals surface area contributed by atoms with E-state index in [0.29, 0.717) is 18.8 Å². The first-order valence-corrected chi connectivity index (χ1v) is 12.6. The number of aryl methyl sites for hydroxylation is 1. The summed E-state index contributed by atoms with van der Waals surface area (Å²) >= 11 is 0. The van der Waals surface area contributed by atoms with E-state index < -0.39 is 0 Å². The van der Waals surface area contributed by atoms with Crippen molar-refractivity contribution in [3.8, 4) is 5.75 Å². The summed E-state index contributed by atoms with van der Waals surface area (Å²) in [6, 6.07) is 17.6. The number of hydrogen-bond donors (Lipinski definition) is 1. The Morgan fingerprint density at radius 3 is 2.34 bits per heavy atom. The van der Waals surface area contributed by atoms with Crippen molar-refractivity contribution in [2.45, 2.75) is 72.0 Å². The molecule has 0 radical (unpaired) electrons. The molecule has 0 fully saturated rings. The number of carbonyl (C=O) groups is 2. The summed E-state index contributed by atoms with van der Waals surface area (Å²) in [5.41, 5.74) is 1.91. The number of rotatable bonds is 13. The predicted octanol–water partition coefficient (Wildman–Crippen LogP) is 4.59. The molecule has 0 aliphatic rings. The van der Waals surface area contributed by atoms with Crippen LogP contribution in [0.3, 0.4) is 0 Å². The third-order valence-electron chi connectivity index (χ3n) is 5.94. The SMILES string of the molecule is CC(C)N(C(=O)Cn1c(CCCCCNC(=O)COc2ccccc2)nc2ccccc21)C(C)C. The molecule has 1 heterocycles. The van der Waals surface area contributed by atoms with Gasteiger partial charge in [-0.1, -0.05) is 36.8 Å². The van der Waals surface area contributed by atoms with Gasteiger partial charge < -0.3 is 19.5 Å². The van der Waals surface area contributed by atoms with Gasteiger partial charge in [0.15, 0.2) is 6.61 Å². The number of amides is 2.